The van der Waals surface area contributed by atoms with Gasteiger partial charge in [0.05, 0.1) is 5.69 Å². The van der Waals surface area contributed by atoms with Gasteiger partial charge in [0.1, 0.15) is 19.5 Å². The van der Waals surface area contributed by atoms with Crippen molar-refractivity contribution in [3.63, 3.8) is 0 Å². The monoisotopic (exact) mass is 303 g/mol. The molecular formula is C15H17N3O2S. The largest absolute Gasteiger partial charge is 0.486 e. The summed E-state index contributed by atoms with van der Waals surface area (Å²) in [6, 6.07) is 6.03. The van der Waals surface area contributed by atoms with Crippen LogP contribution in [0, 0.1) is 0 Å². The van der Waals surface area contributed by atoms with Crippen LogP contribution in [0.15, 0.2) is 35.6 Å². The molecular weight excluding hydrogens is 286 g/mol. The lowest BCUT2D eigenvalue weighted by Gasteiger charge is -2.21. The number of ether oxygens (including phenoxy) is 2. The quantitative estimate of drug-likeness (QED) is 0.855. The van der Waals surface area contributed by atoms with Crippen LogP contribution in [0.25, 0.3) is 0 Å². The Balaban J connectivity index is 1.69. The van der Waals surface area contributed by atoms with E-state index in [0.717, 1.165) is 23.7 Å². The van der Waals surface area contributed by atoms with Crippen molar-refractivity contribution < 1.29 is 9.47 Å². The summed E-state index contributed by atoms with van der Waals surface area (Å²) >= 11 is 1.71. The highest BCUT2D eigenvalue weighted by Gasteiger charge is 2.15. The highest BCUT2D eigenvalue weighted by molar-refractivity contribution is 7.98. The predicted octanol–water partition coefficient (Wildman–Crippen LogP) is 2.26. The Morgan fingerprint density at radius 3 is 2.71 bits per heavy atom. The van der Waals surface area contributed by atoms with E-state index in [1.807, 2.05) is 6.07 Å². The summed E-state index contributed by atoms with van der Waals surface area (Å²) in [6.45, 7) is 2.70. The predicted molar refractivity (Wildman–Crippen MR) is 81.8 cm³/mol. The molecule has 1 aromatic carbocycles. The highest BCUT2D eigenvalue weighted by atomic mass is 32.2. The number of rotatable bonds is 5. The van der Waals surface area contributed by atoms with E-state index in [-0.39, 0.29) is 0 Å². The fraction of sp³-hybridized carbons (Fsp3) is 0.333. The second kappa shape index (κ2) is 6.78. The molecule has 0 amide bonds. The van der Waals surface area contributed by atoms with E-state index in [0.29, 0.717) is 19.8 Å². The van der Waals surface area contributed by atoms with E-state index in [1.165, 1.54) is 10.5 Å². The van der Waals surface area contributed by atoms with E-state index >= 15 is 0 Å². The maximum atomic E-state index is 5.65. The minimum Gasteiger partial charge on any atom is -0.486 e. The average molecular weight is 303 g/mol. The molecule has 110 valence electrons. The fourth-order valence-corrected chi connectivity index (χ4v) is 2.81. The Morgan fingerprint density at radius 2 is 2.00 bits per heavy atom. The number of aromatic nitrogens is 2. The van der Waals surface area contributed by atoms with Crippen molar-refractivity contribution in [2.24, 2.45) is 0 Å². The van der Waals surface area contributed by atoms with Crippen molar-refractivity contribution in [3.05, 3.63) is 42.0 Å². The summed E-state index contributed by atoms with van der Waals surface area (Å²) in [6.07, 6.45) is 5.38. The van der Waals surface area contributed by atoms with Gasteiger partial charge in [-0.3, -0.25) is 0 Å². The first kappa shape index (κ1) is 14.2. The summed E-state index contributed by atoms with van der Waals surface area (Å²) in [5.41, 5.74) is 2.19. The lowest BCUT2D eigenvalue weighted by molar-refractivity contribution is 0.171. The molecule has 0 spiro atoms. The van der Waals surface area contributed by atoms with Crippen LogP contribution in [0.2, 0.25) is 0 Å². The molecule has 0 saturated carbocycles. The molecule has 0 saturated heterocycles. The molecule has 1 aliphatic rings. The average Bonchev–Trinajstić information content (AvgIpc) is 2.55. The van der Waals surface area contributed by atoms with Crippen LogP contribution in [0.4, 0.5) is 0 Å². The highest BCUT2D eigenvalue weighted by Crippen LogP contribution is 2.36. The molecule has 0 unspecified atom stereocenters. The Bertz CT molecular complexity index is 607. The van der Waals surface area contributed by atoms with Gasteiger partial charge in [-0.25, -0.2) is 9.97 Å². The summed E-state index contributed by atoms with van der Waals surface area (Å²) in [4.78, 5) is 9.32. The second-order valence-corrected chi connectivity index (χ2v) is 5.46. The molecule has 1 N–H and O–H groups in total. The first-order valence-corrected chi connectivity index (χ1v) is 8.01. The summed E-state index contributed by atoms with van der Waals surface area (Å²) in [5.74, 6) is 1.67. The van der Waals surface area contributed by atoms with Crippen molar-refractivity contribution in [2.45, 2.75) is 18.0 Å². The third-order valence-corrected chi connectivity index (χ3v) is 4.03. The zero-order chi connectivity index (χ0) is 14.5. The first-order chi connectivity index (χ1) is 10.4. The number of benzene rings is 1. The molecule has 0 radical (unpaired) electrons. The lowest BCUT2D eigenvalue weighted by Crippen LogP contribution is -2.17. The molecule has 3 rings (SSSR count). The van der Waals surface area contributed by atoms with Crippen molar-refractivity contribution in [3.8, 4) is 11.5 Å². The fourth-order valence-electron chi connectivity index (χ4n) is 2.19. The Morgan fingerprint density at radius 1 is 1.19 bits per heavy atom. The number of nitrogens with one attached hydrogen (secondary N) is 1. The maximum Gasteiger partial charge on any atom is 0.162 e. The maximum absolute atomic E-state index is 5.65. The first-order valence-electron chi connectivity index (χ1n) is 6.79. The molecule has 6 heteroatoms. The van der Waals surface area contributed by atoms with E-state index in [1.54, 1.807) is 24.3 Å². The molecule has 21 heavy (non-hydrogen) atoms. The SMILES string of the molecule is CSc1cc2c(cc1CNCc1ccncn1)OCCO2. The van der Waals surface area contributed by atoms with Gasteiger partial charge in [0.2, 0.25) is 0 Å². The van der Waals surface area contributed by atoms with Crippen molar-refractivity contribution in [1.29, 1.82) is 0 Å². The van der Waals surface area contributed by atoms with E-state index in [4.69, 9.17) is 9.47 Å². The summed E-state index contributed by atoms with van der Waals surface area (Å²) in [5, 5.41) is 3.40. The van der Waals surface area contributed by atoms with E-state index < -0.39 is 0 Å². The molecule has 0 bridgehead atoms. The van der Waals surface area contributed by atoms with Gasteiger partial charge >= 0.3 is 0 Å². The number of fused-ring (bicyclic) bond motifs is 1. The van der Waals surface area contributed by atoms with Gasteiger partial charge < -0.3 is 14.8 Å². The van der Waals surface area contributed by atoms with Crippen molar-refractivity contribution >= 4 is 11.8 Å². The van der Waals surface area contributed by atoms with Crippen molar-refractivity contribution in [2.75, 3.05) is 19.5 Å². The van der Waals surface area contributed by atoms with Crippen LogP contribution in [0.1, 0.15) is 11.3 Å². The van der Waals surface area contributed by atoms with Gasteiger partial charge in [-0.1, -0.05) is 0 Å². The smallest absolute Gasteiger partial charge is 0.162 e. The number of hydrogen-bond acceptors (Lipinski definition) is 6. The van der Waals surface area contributed by atoms with E-state index in [9.17, 15) is 0 Å². The number of thioether (sulfide) groups is 1. The molecule has 0 atom stereocenters. The molecule has 1 aliphatic heterocycles. The van der Waals surface area contributed by atoms with Crippen LogP contribution < -0.4 is 14.8 Å². The molecule has 2 heterocycles. The van der Waals surface area contributed by atoms with Gasteiger partial charge in [0.15, 0.2) is 11.5 Å². The third kappa shape index (κ3) is 3.46. The van der Waals surface area contributed by atoms with E-state index in [2.05, 4.69) is 33.7 Å². The normalized spacial score (nSPS) is 13.2. The minimum absolute atomic E-state index is 0.611. The Kier molecular flexibility index (Phi) is 4.57. The molecule has 2 aromatic rings. The second-order valence-electron chi connectivity index (χ2n) is 4.61. The number of nitrogens with zero attached hydrogens (tertiary/aromatic N) is 2. The summed E-state index contributed by atoms with van der Waals surface area (Å²) < 4.78 is 11.3. The minimum atomic E-state index is 0.611. The number of hydrogen-bond donors (Lipinski definition) is 1. The zero-order valence-electron chi connectivity index (χ0n) is 11.8. The lowest BCUT2D eigenvalue weighted by atomic mass is 10.2. The summed E-state index contributed by atoms with van der Waals surface area (Å²) in [7, 11) is 0. The van der Waals surface area contributed by atoms with Crippen LogP contribution in [0.5, 0.6) is 11.5 Å². The van der Waals surface area contributed by atoms with Gasteiger partial charge in [0, 0.05) is 24.2 Å². The molecule has 1 aromatic heterocycles. The Labute approximate surface area is 128 Å². The van der Waals surface area contributed by atoms with Crippen LogP contribution in [-0.4, -0.2) is 29.4 Å². The Hall–Kier alpha value is -1.79. The van der Waals surface area contributed by atoms with Crippen LogP contribution >= 0.6 is 11.8 Å². The van der Waals surface area contributed by atoms with Gasteiger partial charge in [-0.2, -0.15) is 0 Å². The topological polar surface area (TPSA) is 56.3 Å². The standard InChI is InChI=1S/C15H17N3O2S/c1-21-15-7-14-13(19-4-5-20-14)6-11(15)8-17-9-12-2-3-16-10-18-12/h2-3,6-7,10,17H,4-5,8-9H2,1H3. The zero-order valence-corrected chi connectivity index (χ0v) is 12.7. The van der Waals surface area contributed by atoms with Crippen LogP contribution in [-0.2, 0) is 13.1 Å². The molecule has 5 nitrogen and oxygen atoms in total. The van der Waals surface area contributed by atoms with Gasteiger partial charge in [-0.05, 0) is 30.0 Å². The molecule has 0 aliphatic carbocycles. The van der Waals surface area contributed by atoms with Gasteiger partial charge in [-0.15, -0.1) is 11.8 Å². The third-order valence-electron chi connectivity index (χ3n) is 3.21. The van der Waals surface area contributed by atoms with Crippen molar-refractivity contribution in [1.82, 2.24) is 15.3 Å². The van der Waals surface area contributed by atoms with Crippen LogP contribution in [0.3, 0.4) is 0 Å². The molecule has 0 fully saturated rings. The van der Waals surface area contributed by atoms with Gasteiger partial charge in [0.25, 0.3) is 0 Å².